The fourth-order valence-electron chi connectivity index (χ4n) is 6.85. The first-order valence-electron chi connectivity index (χ1n) is 13.6. The van der Waals surface area contributed by atoms with E-state index < -0.39 is 0 Å². The largest absolute Gasteiger partial charge is 0.309 e. The van der Waals surface area contributed by atoms with E-state index in [-0.39, 0.29) is 0 Å². The van der Waals surface area contributed by atoms with Gasteiger partial charge in [0.15, 0.2) is 0 Å². The van der Waals surface area contributed by atoms with Crippen LogP contribution in [0.3, 0.4) is 0 Å². The summed E-state index contributed by atoms with van der Waals surface area (Å²) >= 11 is 0. The van der Waals surface area contributed by atoms with Crippen LogP contribution >= 0.6 is 0 Å². The summed E-state index contributed by atoms with van der Waals surface area (Å²) in [4.78, 5) is 0. The second kappa shape index (κ2) is 7.72. The molecule has 0 bridgehead atoms. The minimum Gasteiger partial charge on any atom is -0.309 e. The van der Waals surface area contributed by atoms with E-state index in [4.69, 9.17) is 0 Å². The number of rotatable bonds is 2. The molecule has 0 amide bonds. The van der Waals surface area contributed by atoms with Gasteiger partial charge in [0, 0.05) is 32.9 Å². The second-order valence-corrected chi connectivity index (χ2v) is 10.6. The molecule has 1 aliphatic rings. The van der Waals surface area contributed by atoms with Crippen molar-refractivity contribution in [2.45, 2.75) is 6.42 Å². The van der Waals surface area contributed by atoms with Crippen LogP contribution in [-0.2, 0) is 6.42 Å². The first-order chi connectivity index (χ1) is 19.3. The molecule has 0 atom stereocenters. The van der Waals surface area contributed by atoms with Crippen LogP contribution in [0.25, 0.3) is 66.1 Å². The van der Waals surface area contributed by atoms with Crippen LogP contribution < -0.4 is 0 Å². The van der Waals surface area contributed by atoms with E-state index in [0.29, 0.717) is 0 Å². The van der Waals surface area contributed by atoms with Crippen molar-refractivity contribution in [3.63, 3.8) is 0 Å². The lowest BCUT2D eigenvalue weighted by atomic mass is 10.0. The zero-order valence-electron chi connectivity index (χ0n) is 21.3. The molecule has 39 heavy (non-hydrogen) atoms. The van der Waals surface area contributed by atoms with Gasteiger partial charge in [-0.1, -0.05) is 78.9 Å². The molecule has 0 saturated carbocycles. The molecular weight excluding hydrogens is 472 g/mol. The maximum atomic E-state index is 2.44. The van der Waals surface area contributed by atoms with Crippen LogP contribution in [0.15, 0.2) is 133 Å². The average Bonchev–Trinajstić information content (AvgIpc) is 3.63. The van der Waals surface area contributed by atoms with Gasteiger partial charge in [-0.15, -0.1) is 0 Å². The Labute approximate surface area is 226 Å². The summed E-state index contributed by atoms with van der Waals surface area (Å²) in [5.74, 6) is 0. The third-order valence-corrected chi connectivity index (χ3v) is 8.51. The van der Waals surface area contributed by atoms with Crippen molar-refractivity contribution in [2.75, 3.05) is 0 Å². The van der Waals surface area contributed by atoms with Gasteiger partial charge in [0.05, 0.1) is 22.1 Å². The van der Waals surface area contributed by atoms with Crippen molar-refractivity contribution in [2.24, 2.45) is 0 Å². The Hall–Kier alpha value is -5.08. The lowest BCUT2D eigenvalue weighted by Crippen LogP contribution is -1.95. The molecule has 182 valence electrons. The van der Waals surface area contributed by atoms with E-state index in [1.807, 2.05) is 0 Å². The molecule has 0 saturated heterocycles. The molecule has 2 nitrogen and oxygen atoms in total. The SMILES string of the molecule is c1ccc(-n2c3ccccc3c3cc4c(cc32)-c2ccc(-n3c5ccccc5c5ccccc53)cc2C4)cc1. The third-order valence-electron chi connectivity index (χ3n) is 8.51. The number of aromatic nitrogens is 2. The quantitative estimate of drug-likeness (QED) is 0.226. The van der Waals surface area contributed by atoms with Crippen molar-refractivity contribution in [1.82, 2.24) is 9.13 Å². The van der Waals surface area contributed by atoms with Gasteiger partial charge in [-0.2, -0.15) is 0 Å². The monoisotopic (exact) mass is 496 g/mol. The molecule has 0 radical (unpaired) electrons. The summed E-state index contributed by atoms with van der Waals surface area (Å²) in [6.07, 6.45) is 0.955. The Balaban J connectivity index is 1.27. The van der Waals surface area contributed by atoms with Gasteiger partial charge in [-0.05, 0) is 83.3 Å². The molecule has 2 aromatic heterocycles. The minimum atomic E-state index is 0.955. The zero-order valence-corrected chi connectivity index (χ0v) is 21.3. The molecule has 6 aromatic carbocycles. The number of fused-ring (bicyclic) bond motifs is 9. The molecule has 9 rings (SSSR count). The predicted molar refractivity (Wildman–Crippen MR) is 163 cm³/mol. The molecular formula is C37H24N2. The number of hydrogen-bond donors (Lipinski definition) is 0. The van der Waals surface area contributed by atoms with Crippen molar-refractivity contribution in [3.05, 3.63) is 145 Å². The van der Waals surface area contributed by atoms with Crippen LogP contribution in [0.1, 0.15) is 11.1 Å². The van der Waals surface area contributed by atoms with Crippen molar-refractivity contribution >= 4 is 43.6 Å². The summed E-state index contributed by atoms with van der Waals surface area (Å²) in [5, 5.41) is 5.23. The summed E-state index contributed by atoms with van der Waals surface area (Å²) < 4.78 is 4.83. The highest BCUT2D eigenvalue weighted by Gasteiger charge is 2.23. The van der Waals surface area contributed by atoms with E-state index >= 15 is 0 Å². The summed E-state index contributed by atoms with van der Waals surface area (Å²) in [7, 11) is 0. The zero-order chi connectivity index (χ0) is 25.5. The van der Waals surface area contributed by atoms with E-state index in [9.17, 15) is 0 Å². The van der Waals surface area contributed by atoms with Gasteiger partial charge in [0.25, 0.3) is 0 Å². The number of para-hydroxylation sites is 4. The van der Waals surface area contributed by atoms with Crippen LogP contribution in [0, 0.1) is 0 Å². The van der Waals surface area contributed by atoms with Crippen molar-refractivity contribution < 1.29 is 0 Å². The number of nitrogens with zero attached hydrogens (tertiary/aromatic N) is 2. The number of hydrogen-bond acceptors (Lipinski definition) is 0. The van der Waals surface area contributed by atoms with E-state index in [1.165, 1.54) is 77.2 Å². The summed E-state index contributed by atoms with van der Waals surface area (Å²) in [6, 6.07) is 48.9. The van der Waals surface area contributed by atoms with Gasteiger partial charge in [-0.25, -0.2) is 0 Å². The standard InChI is InChI=1S/C37H24N2/c1-2-10-26(11-3-1)38-36-17-9-6-14-31(36)33-22-25-20-24-21-27(18-19-28(24)32(25)23-37(33)38)39-34-15-7-4-12-29(34)30-13-5-8-16-35(30)39/h1-19,21-23H,20H2. The average molecular weight is 497 g/mol. The Morgan fingerprint density at radius 2 is 0.897 bits per heavy atom. The van der Waals surface area contributed by atoms with Crippen LogP contribution in [0.4, 0.5) is 0 Å². The number of benzene rings is 6. The molecule has 2 heteroatoms. The highest BCUT2D eigenvalue weighted by molar-refractivity contribution is 6.11. The lowest BCUT2D eigenvalue weighted by molar-refractivity contribution is 1.16. The molecule has 0 aliphatic heterocycles. The molecule has 0 fully saturated rings. The Morgan fingerprint density at radius 1 is 0.359 bits per heavy atom. The Bertz CT molecular complexity index is 2190. The summed E-state index contributed by atoms with van der Waals surface area (Å²) in [5.41, 5.74) is 13.0. The molecule has 2 heterocycles. The Kier molecular flexibility index (Phi) is 4.14. The van der Waals surface area contributed by atoms with E-state index in [0.717, 1.165) is 6.42 Å². The smallest absolute Gasteiger partial charge is 0.0547 e. The molecule has 0 unspecified atom stereocenters. The topological polar surface area (TPSA) is 9.86 Å². The van der Waals surface area contributed by atoms with Crippen molar-refractivity contribution in [1.29, 1.82) is 0 Å². The maximum Gasteiger partial charge on any atom is 0.0547 e. The lowest BCUT2D eigenvalue weighted by Gasteiger charge is -2.11. The van der Waals surface area contributed by atoms with Gasteiger partial charge in [0.2, 0.25) is 0 Å². The third kappa shape index (κ3) is 2.86. The highest BCUT2D eigenvalue weighted by atomic mass is 15.0. The van der Waals surface area contributed by atoms with Gasteiger partial charge in [-0.3, -0.25) is 0 Å². The molecule has 0 N–H and O–H groups in total. The van der Waals surface area contributed by atoms with Crippen molar-refractivity contribution in [3.8, 4) is 22.5 Å². The van der Waals surface area contributed by atoms with E-state index in [2.05, 4.69) is 143 Å². The molecule has 8 aromatic rings. The van der Waals surface area contributed by atoms with Gasteiger partial charge in [0.1, 0.15) is 0 Å². The normalized spacial score (nSPS) is 12.5. The predicted octanol–water partition coefficient (Wildman–Crippen LogP) is 9.45. The van der Waals surface area contributed by atoms with Crippen LogP contribution in [-0.4, -0.2) is 9.13 Å². The fourth-order valence-corrected chi connectivity index (χ4v) is 6.85. The fraction of sp³-hybridized carbons (Fsp3) is 0.0270. The highest BCUT2D eigenvalue weighted by Crippen LogP contribution is 2.43. The van der Waals surface area contributed by atoms with Crippen LogP contribution in [0.2, 0.25) is 0 Å². The van der Waals surface area contributed by atoms with Gasteiger partial charge >= 0.3 is 0 Å². The minimum absolute atomic E-state index is 0.955. The Morgan fingerprint density at radius 3 is 1.56 bits per heavy atom. The second-order valence-electron chi connectivity index (χ2n) is 10.6. The first kappa shape index (κ1) is 20.9. The van der Waals surface area contributed by atoms with Gasteiger partial charge < -0.3 is 9.13 Å². The molecule has 1 aliphatic carbocycles. The first-order valence-corrected chi connectivity index (χ1v) is 13.6. The van der Waals surface area contributed by atoms with Crippen LogP contribution in [0.5, 0.6) is 0 Å². The van der Waals surface area contributed by atoms with E-state index in [1.54, 1.807) is 0 Å². The maximum absolute atomic E-state index is 2.44. The molecule has 0 spiro atoms. The summed E-state index contributed by atoms with van der Waals surface area (Å²) in [6.45, 7) is 0.